The second-order valence-corrected chi connectivity index (χ2v) is 9.08. The number of rotatable bonds is 4. The van der Waals surface area contributed by atoms with Crippen molar-refractivity contribution >= 4 is 27.3 Å². The number of sulfone groups is 1. The summed E-state index contributed by atoms with van der Waals surface area (Å²) < 4.78 is 23.0. The molecular formula is C20H22N2O4S. The second-order valence-electron chi connectivity index (χ2n) is 6.85. The van der Waals surface area contributed by atoms with Crippen molar-refractivity contribution < 1.29 is 18.0 Å². The number of hydrogen-bond donors (Lipinski definition) is 2. The summed E-state index contributed by atoms with van der Waals surface area (Å²) in [5, 5.41) is 5.61. The Balaban J connectivity index is 1.65. The van der Waals surface area contributed by atoms with Crippen LogP contribution in [-0.4, -0.2) is 37.8 Å². The van der Waals surface area contributed by atoms with Gasteiger partial charge in [-0.2, -0.15) is 0 Å². The van der Waals surface area contributed by atoms with Gasteiger partial charge in [0.2, 0.25) is 0 Å². The smallest absolute Gasteiger partial charge is 0.255 e. The lowest BCUT2D eigenvalue weighted by atomic mass is 10.1. The summed E-state index contributed by atoms with van der Waals surface area (Å²) in [6, 6.07) is 11.7. The Hall–Kier alpha value is -2.67. The number of anilines is 1. The Morgan fingerprint density at radius 1 is 0.963 bits per heavy atom. The molecule has 7 heteroatoms. The topological polar surface area (TPSA) is 92.3 Å². The maximum atomic E-state index is 12.4. The molecule has 2 aromatic rings. The minimum Gasteiger partial charge on any atom is -0.348 e. The van der Waals surface area contributed by atoms with Crippen molar-refractivity contribution in [3.63, 3.8) is 0 Å². The molecule has 1 aliphatic heterocycles. The van der Waals surface area contributed by atoms with Crippen LogP contribution in [-0.2, 0) is 9.84 Å². The Bertz CT molecular complexity index is 982. The highest BCUT2D eigenvalue weighted by atomic mass is 32.2. The minimum absolute atomic E-state index is 0.0188. The molecule has 1 aliphatic rings. The normalized spacial score (nSPS) is 18.1. The minimum atomic E-state index is -3.05. The molecular weight excluding hydrogens is 364 g/mol. The molecule has 2 N–H and O–H groups in total. The SMILES string of the molecule is Cc1cccc(NC(=O)c2ccc(C(=O)NC3CCS(=O)(=O)C3)cc2)c1C. The van der Waals surface area contributed by atoms with Crippen molar-refractivity contribution in [2.75, 3.05) is 16.8 Å². The van der Waals surface area contributed by atoms with Gasteiger partial charge in [0.05, 0.1) is 11.5 Å². The van der Waals surface area contributed by atoms with Crippen molar-refractivity contribution in [1.29, 1.82) is 0 Å². The Morgan fingerprint density at radius 3 is 2.19 bits per heavy atom. The third-order valence-corrected chi connectivity index (χ3v) is 6.60. The van der Waals surface area contributed by atoms with Crippen LogP contribution in [0.1, 0.15) is 38.3 Å². The van der Waals surface area contributed by atoms with E-state index in [1.54, 1.807) is 24.3 Å². The van der Waals surface area contributed by atoms with Crippen molar-refractivity contribution in [3.05, 3.63) is 64.7 Å². The van der Waals surface area contributed by atoms with Crippen LogP contribution in [0.4, 0.5) is 5.69 Å². The fourth-order valence-corrected chi connectivity index (χ4v) is 4.70. The van der Waals surface area contributed by atoms with E-state index in [2.05, 4.69) is 10.6 Å². The summed E-state index contributed by atoms with van der Waals surface area (Å²) >= 11 is 0. The van der Waals surface area contributed by atoms with Crippen LogP contribution < -0.4 is 10.6 Å². The van der Waals surface area contributed by atoms with E-state index in [1.807, 2.05) is 32.0 Å². The van der Waals surface area contributed by atoms with Crippen molar-refractivity contribution in [2.45, 2.75) is 26.3 Å². The van der Waals surface area contributed by atoms with Crippen LogP contribution in [0.2, 0.25) is 0 Å². The molecule has 0 bridgehead atoms. The van der Waals surface area contributed by atoms with Gasteiger partial charge in [0.15, 0.2) is 9.84 Å². The fraction of sp³-hybridized carbons (Fsp3) is 0.300. The summed E-state index contributed by atoms with van der Waals surface area (Å²) in [5.74, 6) is -0.499. The van der Waals surface area contributed by atoms with Crippen LogP contribution in [0.25, 0.3) is 0 Å². The zero-order valence-corrected chi connectivity index (χ0v) is 16.1. The van der Waals surface area contributed by atoms with Gasteiger partial charge in [-0.25, -0.2) is 8.42 Å². The number of nitrogens with one attached hydrogen (secondary N) is 2. The zero-order chi connectivity index (χ0) is 19.6. The van der Waals surface area contributed by atoms with E-state index < -0.39 is 9.84 Å². The summed E-state index contributed by atoms with van der Waals surface area (Å²) in [5.41, 5.74) is 3.69. The van der Waals surface area contributed by atoms with E-state index in [0.29, 0.717) is 17.5 Å². The summed E-state index contributed by atoms with van der Waals surface area (Å²) in [6.45, 7) is 3.93. The predicted molar refractivity (Wildman–Crippen MR) is 105 cm³/mol. The number of benzene rings is 2. The first-order valence-electron chi connectivity index (χ1n) is 8.74. The van der Waals surface area contributed by atoms with Gasteiger partial charge in [-0.3, -0.25) is 9.59 Å². The standard InChI is InChI=1S/C20H22N2O4S/c1-13-4-3-5-18(14(13)2)22-20(24)16-8-6-15(7-9-16)19(23)21-17-10-11-27(25,26)12-17/h3-9,17H,10-12H2,1-2H3,(H,21,23)(H,22,24). The third-order valence-electron chi connectivity index (χ3n) is 4.83. The second kappa shape index (κ2) is 7.52. The van der Waals surface area contributed by atoms with Gasteiger partial charge < -0.3 is 10.6 Å². The molecule has 0 aromatic heterocycles. The van der Waals surface area contributed by atoms with Gasteiger partial charge in [-0.1, -0.05) is 12.1 Å². The molecule has 0 aliphatic carbocycles. The van der Waals surface area contributed by atoms with Gasteiger partial charge in [0, 0.05) is 22.9 Å². The summed E-state index contributed by atoms with van der Waals surface area (Å²) in [6.07, 6.45) is 0.435. The average Bonchev–Trinajstić information content (AvgIpc) is 2.97. The number of carbonyl (C=O) groups excluding carboxylic acids is 2. The van der Waals surface area contributed by atoms with Gasteiger partial charge >= 0.3 is 0 Å². The van der Waals surface area contributed by atoms with Crippen molar-refractivity contribution in [3.8, 4) is 0 Å². The van der Waals surface area contributed by atoms with E-state index in [1.165, 1.54) is 0 Å². The van der Waals surface area contributed by atoms with Crippen molar-refractivity contribution in [2.24, 2.45) is 0 Å². The summed E-state index contributed by atoms with van der Waals surface area (Å²) in [4.78, 5) is 24.7. The van der Waals surface area contributed by atoms with E-state index >= 15 is 0 Å². The molecule has 6 nitrogen and oxygen atoms in total. The molecule has 2 aromatic carbocycles. The van der Waals surface area contributed by atoms with E-state index in [4.69, 9.17) is 0 Å². The molecule has 142 valence electrons. The first kappa shape index (κ1) is 19.1. The lowest BCUT2D eigenvalue weighted by Gasteiger charge is -2.12. The lowest BCUT2D eigenvalue weighted by Crippen LogP contribution is -2.35. The quantitative estimate of drug-likeness (QED) is 0.844. The Morgan fingerprint density at radius 2 is 1.59 bits per heavy atom. The van der Waals surface area contributed by atoms with Gasteiger partial charge in [0.1, 0.15) is 0 Å². The first-order valence-corrected chi connectivity index (χ1v) is 10.6. The zero-order valence-electron chi connectivity index (χ0n) is 15.3. The molecule has 0 saturated carbocycles. The fourth-order valence-electron chi connectivity index (χ4n) is 3.03. The van der Waals surface area contributed by atoms with Crippen LogP contribution in [0.3, 0.4) is 0 Å². The molecule has 1 saturated heterocycles. The highest BCUT2D eigenvalue weighted by Gasteiger charge is 2.29. The van der Waals surface area contributed by atoms with E-state index in [0.717, 1.165) is 16.8 Å². The molecule has 1 heterocycles. The van der Waals surface area contributed by atoms with Crippen LogP contribution in [0.15, 0.2) is 42.5 Å². The van der Waals surface area contributed by atoms with Crippen molar-refractivity contribution in [1.82, 2.24) is 5.32 Å². The van der Waals surface area contributed by atoms with Gasteiger partial charge in [-0.15, -0.1) is 0 Å². The first-order chi connectivity index (χ1) is 12.7. The number of hydrogen-bond acceptors (Lipinski definition) is 4. The van der Waals surface area contributed by atoms with Gasteiger partial charge in [0.25, 0.3) is 11.8 Å². The monoisotopic (exact) mass is 386 g/mol. The molecule has 27 heavy (non-hydrogen) atoms. The maximum absolute atomic E-state index is 12.4. The third kappa shape index (κ3) is 4.54. The molecule has 1 fully saturated rings. The van der Waals surface area contributed by atoms with E-state index in [9.17, 15) is 18.0 Å². The molecule has 1 unspecified atom stereocenters. The summed E-state index contributed by atoms with van der Waals surface area (Å²) in [7, 11) is -3.05. The predicted octanol–water partition coefficient (Wildman–Crippen LogP) is 2.47. The average molecular weight is 386 g/mol. The highest BCUT2D eigenvalue weighted by Crippen LogP contribution is 2.19. The van der Waals surface area contributed by atoms with E-state index in [-0.39, 0.29) is 29.4 Å². The van der Waals surface area contributed by atoms with Crippen LogP contribution >= 0.6 is 0 Å². The van der Waals surface area contributed by atoms with Gasteiger partial charge in [-0.05, 0) is 61.7 Å². The van der Waals surface area contributed by atoms with Crippen LogP contribution in [0, 0.1) is 13.8 Å². The largest absolute Gasteiger partial charge is 0.348 e. The highest BCUT2D eigenvalue weighted by molar-refractivity contribution is 7.91. The number of carbonyl (C=O) groups is 2. The maximum Gasteiger partial charge on any atom is 0.255 e. The number of amides is 2. The molecule has 3 rings (SSSR count). The molecule has 0 radical (unpaired) electrons. The molecule has 0 spiro atoms. The Kier molecular flexibility index (Phi) is 5.32. The Labute approximate surface area is 158 Å². The molecule has 2 amide bonds. The molecule has 1 atom stereocenters. The van der Waals surface area contributed by atoms with Crippen LogP contribution in [0.5, 0.6) is 0 Å². The number of aryl methyl sites for hydroxylation is 1. The lowest BCUT2D eigenvalue weighted by molar-refractivity contribution is 0.0939.